The van der Waals surface area contributed by atoms with E-state index in [4.69, 9.17) is 0 Å². The van der Waals surface area contributed by atoms with Crippen LogP contribution in [0.2, 0.25) is 0 Å². The first kappa shape index (κ1) is 12.2. The lowest BCUT2D eigenvalue weighted by atomic mass is 10.1. The van der Waals surface area contributed by atoms with Crippen molar-refractivity contribution in [2.24, 2.45) is 0 Å². The minimum Gasteiger partial charge on any atom is -0.288 e. The van der Waals surface area contributed by atoms with Crippen molar-refractivity contribution < 1.29 is 0 Å². The summed E-state index contributed by atoms with van der Waals surface area (Å²) in [4.78, 5) is 17.8. The molecule has 1 N–H and O–H groups in total. The van der Waals surface area contributed by atoms with Crippen LogP contribution in [-0.2, 0) is 0 Å². The van der Waals surface area contributed by atoms with Crippen molar-refractivity contribution in [2.75, 3.05) is 0 Å². The van der Waals surface area contributed by atoms with Gasteiger partial charge in [0.25, 0.3) is 5.56 Å². The molecule has 3 aromatic heterocycles. The Morgan fingerprint density at radius 2 is 2.32 bits per heavy atom. The number of hydrogen-bond acceptors (Lipinski definition) is 3. The fourth-order valence-corrected chi connectivity index (χ4v) is 2.72. The zero-order valence-electron chi connectivity index (χ0n) is 10.9. The topological polar surface area (TPSA) is 50.2 Å². The molecule has 0 aliphatic rings. The molecule has 3 rings (SSSR count). The summed E-state index contributed by atoms with van der Waals surface area (Å²) in [5.41, 5.74) is 2.43. The Labute approximate surface area is 114 Å². The fraction of sp³-hybridized carbons (Fsp3) is 0.286. The minimum absolute atomic E-state index is 0.0527. The number of aromatic amines is 1. The van der Waals surface area contributed by atoms with Crippen LogP contribution < -0.4 is 5.56 Å². The highest BCUT2D eigenvalue weighted by Gasteiger charge is 2.11. The minimum atomic E-state index is -0.0527. The molecule has 0 fully saturated rings. The lowest BCUT2D eigenvalue weighted by Crippen LogP contribution is -2.16. The molecule has 0 aliphatic heterocycles. The summed E-state index contributed by atoms with van der Waals surface area (Å²) in [5.74, 6) is 0.304. The molecule has 0 radical (unpaired) electrons. The average molecular weight is 273 g/mol. The third kappa shape index (κ3) is 2.10. The first-order valence-corrected chi connectivity index (χ1v) is 7.23. The number of nitrogens with one attached hydrogen (secondary N) is 1. The van der Waals surface area contributed by atoms with Crippen molar-refractivity contribution in [1.29, 1.82) is 0 Å². The molecule has 5 heteroatoms. The highest BCUT2D eigenvalue weighted by molar-refractivity contribution is 7.13. The van der Waals surface area contributed by atoms with Gasteiger partial charge >= 0.3 is 0 Å². The zero-order chi connectivity index (χ0) is 13.4. The van der Waals surface area contributed by atoms with E-state index in [1.807, 2.05) is 23.6 Å². The molecule has 0 spiro atoms. The monoisotopic (exact) mass is 273 g/mol. The van der Waals surface area contributed by atoms with Crippen LogP contribution in [0.4, 0.5) is 0 Å². The van der Waals surface area contributed by atoms with Crippen molar-refractivity contribution in [3.8, 4) is 10.6 Å². The molecule has 0 amide bonds. The zero-order valence-corrected chi connectivity index (χ0v) is 11.7. The molecule has 98 valence electrons. The maximum absolute atomic E-state index is 12.1. The van der Waals surface area contributed by atoms with Gasteiger partial charge in [-0.3, -0.25) is 9.89 Å². The normalized spacial score (nSPS) is 12.9. The van der Waals surface area contributed by atoms with E-state index in [9.17, 15) is 4.79 Å². The Hall–Kier alpha value is -1.88. The molecule has 0 aromatic carbocycles. The molecule has 19 heavy (non-hydrogen) atoms. The van der Waals surface area contributed by atoms with E-state index in [0.717, 1.165) is 22.7 Å². The summed E-state index contributed by atoms with van der Waals surface area (Å²) in [6.45, 7) is 4.19. The second kappa shape index (κ2) is 4.66. The number of thiophene rings is 1. The van der Waals surface area contributed by atoms with Crippen molar-refractivity contribution in [2.45, 2.75) is 26.2 Å². The van der Waals surface area contributed by atoms with Gasteiger partial charge in [0.05, 0.1) is 16.3 Å². The van der Waals surface area contributed by atoms with Gasteiger partial charge in [0.15, 0.2) is 5.65 Å². The van der Waals surface area contributed by atoms with Crippen molar-refractivity contribution >= 4 is 17.0 Å². The van der Waals surface area contributed by atoms with Crippen molar-refractivity contribution in [3.05, 3.63) is 45.7 Å². The van der Waals surface area contributed by atoms with E-state index in [0.29, 0.717) is 11.6 Å². The van der Waals surface area contributed by atoms with Gasteiger partial charge in [0.1, 0.15) is 0 Å². The largest absolute Gasteiger partial charge is 0.288 e. The Kier molecular flexibility index (Phi) is 2.98. The Balaban J connectivity index is 2.18. The Morgan fingerprint density at radius 1 is 1.47 bits per heavy atom. The lowest BCUT2D eigenvalue weighted by Gasteiger charge is -2.06. The SMILES string of the molecule is CCC(C)c1cc(=O)n2[nH]c(-c3cccs3)cc2n1. The highest BCUT2D eigenvalue weighted by atomic mass is 32.1. The number of rotatable bonds is 3. The van der Waals surface area contributed by atoms with E-state index < -0.39 is 0 Å². The van der Waals surface area contributed by atoms with Crippen LogP contribution in [0.3, 0.4) is 0 Å². The van der Waals surface area contributed by atoms with Crippen molar-refractivity contribution in [1.82, 2.24) is 14.6 Å². The molecule has 1 unspecified atom stereocenters. The standard InChI is InChI=1S/C14H15N3OS/c1-3-9(2)10-8-14(18)17-13(15-10)7-11(16-17)12-5-4-6-19-12/h4-9,16H,3H2,1-2H3. The van der Waals surface area contributed by atoms with Crippen LogP contribution in [0, 0.1) is 0 Å². The third-order valence-corrected chi connectivity index (χ3v) is 4.28. The molecule has 0 saturated carbocycles. The predicted molar refractivity (Wildman–Crippen MR) is 77.8 cm³/mol. The van der Waals surface area contributed by atoms with E-state index in [-0.39, 0.29) is 5.56 Å². The van der Waals surface area contributed by atoms with E-state index in [1.54, 1.807) is 17.4 Å². The van der Waals surface area contributed by atoms with Crippen LogP contribution in [0.25, 0.3) is 16.2 Å². The highest BCUT2D eigenvalue weighted by Crippen LogP contribution is 2.24. The maximum atomic E-state index is 12.1. The van der Waals surface area contributed by atoms with E-state index >= 15 is 0 Å². The number of H-pyrrole nitrogens is 1. The van der Waals surface area contributed by atoms with Crippen LogP contribution in [-0.4, -0.2) is 14.6 Å². The predicted octanol–water partition coefficient (Wildman–Crippen LogP) is 3.26. The molecule has 4 nitrogen and oxygen atoms in total. The molecule has 0 saturated heterocycles. The molecule has 0 aliphatic carbocycles. The van der Waals surface area contributed by atoms with Crippen LogP contribution in [0.5, 0.6) is 0 Å². The number of aromatic nitrogens is 3. The van der Waals surface area contributed by atoms with Gasteiger partial charge in [-0.15, -0.1) is 11.3 Å². The molecular weight excluding hydrogens is 258 g/mol. The molecule has 1 atom stereocenters. The number of hydrogen-bond donors (Lipinski definition) is 1. The first-order valence-electron chi connectivity index (χ1n) is 6.35. The maximum Gasteiger partial charge on any atom is 0.272 e. The number of fused-ring (bicyclic) bond motifs is 1. The molecule has 3 heterocycles. The van der Waals surface area contributed by atoms with Crippen molar-refractivity contribution in [3.63, 3.8) is 0 Å². The van der Waals surface area contributed by atoms with Crippen LogP contribution >= 0.6 is 11.3 Å². The van der Waals surface area contributed by atoms with Gasteiger partial charge in [0.2, 0.25) is 0 Å². The van der Waals surface area contributed by atoms with Crippen LogP contribution in [0.15, 0.2) is 34.4 Å². The second-order valence-electron chi connectivity index (χ2n) is 4.67. The van der Waals surface area contributed by atoms with Gasteiger partial charge in [0, 0.05) is 12.1 Å². The summed E-state index contributed by atoms with van der Waals surface area (Å²) in [6.07, 6.45) is 0.977. The lowest BCUT2D eigenvalue weighted by molar-refractivity contribution is 0.701. The van der Waals surface area contributed by atoms with Gasteiger partial charge in [-0.05, 0) is 23.8 Å². The van der Waals surface area contributed by atoms with Gasteiger partial charge < -0.3 is 0 Å². The van der Waals surface area contributed by atoms with E-state index in [1.165, 1.54) is 4.52 Å². The van der Waals surface area contributed by atoms with Gasteiger partial charge in [-0.25, -0.2) is 9.50 Å². The average Bonchev–Trinajstić information content (AvgIpc) is 3.05. The van der Waals surface area contributed by atoms with Gasteiger partial charge in [-0.2, -0.15) is 0 Å². The van der Waals surface area contributed by atoms with Crippen LogP contribution in [0.1, 0.15) is 31.9 Å². The summed E-state index contributed by atoms with van der Waals surface area (Å²) in [7, 11) is 0. The molecule has 3 aromatic rings. The summed E-state index contributed by atoms with van der Waals surface area (Å²) >= 11 is 1.64. The summed E-state index contributed by atoms with van der Waals surface area (Å²) in [6, 6.07) is 7.57. The fourth-order valence-electron chi connectivity index (χ4n) is 2.03. The number of nitrogens with zero attached hydrogens (tertiary/aromatic N) is 2. The van der Waals surface area contributed by atoms with Gasteiger partial charge in [-0.1, -0.05) is 19.9 Å². The smallest absolute Gasteiger partial charge is 0.272 e. The molecule has 0 bridgehead atoms. The summed E-state index contributed by atoms with van der Waals surface area (Å²) in [5, 5.41) is 5.12. The Bertz CT molecular complexity index is 755. The third-order valence-electron chi connectivity index (χ3n) is 3.37. The summed E-state index contributed by atoms with van der Waals surface area (Å²) < 4.78 is 1.50. The second-order valence-corrected chi connectivity index (χ2v) is 5.62. The van der Waals surface area contributed by atoms with E-state index in [2.05, 4.69) is 23.9 Å². The molecular formula is C14H15N3OS. The Morgan fingerprint density at radius 3 is 3.00 bits per heavy atom. The quantitative estimate of drug-likeness (QED) is 0.796. The first-order chi connectivity index (χ1) is 9.19.